The molecule has 0 aliphatic heterocycles. The van der Waals surface area contributed by atoms with Crippen molar-refractivity contribution in [3.8, 4) is 11.5 Å². The van der Waals surface area contributed by atoms with E-state index in [1.54, 1.807) is 50.6 Å². The fourth-order valence-corrected chi connectivity index (χ4v) is 2.52. The maximum atomic E-state index is 12.2. The summed E-state index contributed by atoms with van der Waals surface area (Å²) in [5.74, 6) is -0.362. The van der Waals surface area contributed by atoms with Crippen molar-refractivity contribution in [2.45, 2.75) is 19.0 Å². The van der Waals surface area contributed by atoms with Gasteiger partial charge in [0.1, 0.15) is 17.5 Å². The first kappa shape index (κ1) is 21.7. The third kappa shape index (κ3) is 6.22. The predicted octanol–water partition coefficient (Wildman–Crippen LogP) is 0.903. The van der Waals surface area contributed by atoms with Gasteiger partial charge in [-0.2, -0.15) is 4.99 Å². The molecule has 0 aliphatic carbocycles. The number of nitrogens with zero attached hydrogens (tertiary/aromatic N) is 1. The Hall–Kier alpha value is -3.59. The van der Waals surface area contributed by atoms with Crippen molar-refractivity contribution in [3.05, 3.63) is 59.2 Å². The van der Waals surface area contributed by atoms with E-state index in [1.807, 2.05) is 6.07 Å². The molecule has 2 rings (SSSR count). The summed E-state index contributed by atoms with van der Waals surface area (Å²) in [4.78, 5) is 26.9. The molecule has 9 nitrogen and oxygen atoms in total. The zero-order valence-electron chi connectivity index (χ0n) is 16.2. The van der Waals surface area contributed by atoms with E-state index in [1.165, 1.54) is 0 Å². The first-order chi connectivity index (χ1) is 13.8. The first-order valence-electron chi connectivity index (χ1n) is 8.74. The number of methoxy groups -OCH3 is 2. The van der Waals surface area contributed by atoms with Crippen molar-refractivity contribution in [2.75, 3.05) is 14.2 Å². The van der Waals surface area contributed by atoms with Crippen LogP contribution in [0, 0.1) is 0 Å². The largest absolute Gasteiger partial charge is 0.497 e. The lowest BCUT2D eigenvalue weighted by molar-refractivity contribution is -0.138. The molecule has 154 valence electrons. The summed E-state index contributed by atoms with van der Waals surface area (Å²) in [5, 5.41) is 11.7. The minimum absolute atomic E-state index is 0.0372. The highest BCUT2D eigenvalue weighted by molar-refractivity contribution is 6.02. The molecule has 0 fully saturated rings. The average molecular weight is 400 g/mol. The summed E-state index contributed by atoms with van der Waals surface area (Å²) in [6.45, 7) is 0.307. The second-order valence-corrected chi connectivity index (χ2v) is 6.18. The molecule has 0 spiro atoms. The fourth-order valence-electron chi connectivity index (χ4n) is 2.52. The number of aliphatic imine (C=N–C) groups is 1. The van der Waals surface area contributed by atoms with Crippen LogP contribution in [0.1, 0.15) is 21.5 Å². The van der Waals surface area contributed by atoms with E-state index >= 15 is 0 Å². The van der Waals surface area contributed by atoms with Crippen LogP contribution in [0.25, 0.3) is 0 Å². The Morgan fingerprint density at radius 2 is 1.83 bits per heavy atom. The molecule has 1 unspecified atom stereocenters. The van der Waals surface area contributed by atoms with Crippen LogP contribution in [0.2, 0.25) is 0 Å². The molecule has 0 aliphatic rings. The van der Waals surface area contributed by atoms with Gasteiger partial charge in [0.15, 0.2) is 5.96 Å². The van der Waals surface area contributed by atoms with E-state index in [2.05, 4.69) is 10.3 Å². The van der Waals surface area contributed by atoms with Gasteiger partial charge in [-0.05, 0) is 36.2 Å². The quantitative estimate of drug-likeness (QED) is 0.377. The van der Waals surface area contributed by atoms with Gasteiger partial charge >= 0.3 is 5.97 Å². The van der Waals surface area contributed by atoms with Crippen LogP contribution >= 0.6 is 0 Å². The molecule has 6 N–H and O–H groups in total. The second-order valence-electron chi connectivity index (χ2n) is 6.18. The molecule has 1 atom stereocenters. The average Bonchev–Trinajstić information content (AvgIpc) is 2.72. The fraction of sp³-hybridized carbons (Fsp3) is 0.250. The number of benzene rings is 2. The zero-order valence-corrected chi connectivity index (χ0v) is 16.2. The Bertz CT molecular complexity index is 896. The monoisotopic (exact) mass is 400 g/mol. The number of hydrogen-bond acceptors (Lipinski definition) is 5. The standard InChI is InChI=1S/C20H24N4O5/c1-28-15-8-7-14(17(10-15)29-2)11-23-20(22)24-18(25)13-5-3-12(4-6-13)9-16(21)19(26)27/h3-8,10,16H,9,11,21H2,1-2H3,(H,26,27)(H3,22,23,24,25). The van der Waals surface area contributed by atoms with Gasteiger partial charge in [-0.1, -0.05) is 12.1 Å². The van der Waals surface area contributed by atoms with E-state index in [0.717, 1.165) is 5.56 Å². The number of nitrogens with two attached hydrogens (primary N) is 2. The number of amides is 1. The van der Waals surface area contributed by atoms with Crippen LogP contribution in [-0.4, -0.2) is 43.2 Å². The van der Waals surface area contributed by atoms with Gasteiger partial charge in [-0.3, -0.25) is 9.59 Å². The minimum Gasteiger partial charge on any atom is -0.497 e. The van der Waals surface area contributed by atoms with Gasteiger partial charge in [0.2, 0.25) is 0 Å². The van der Waals surface area contributed by atoms with Crippen molar-refractivity contribution >= 4 is 17.8 Å². The molecule has 0 aromatic heterocycles. The topological polar surface area (TPSA) is 149 Å². The molecule has 0 saturated heterocycles. The first-order valence-corrected chi connectivity index (χ1v) is 8.74. The molecule has 0 bridgehead atoms. The van der Waals surface area contributed by atoms with Crippen LogP contribution in [0.3, 0.4) is 0 Å². The smallest absolute Gasteiger partial charge is 0.320 e. The number of nitrogens with one attached hydrogen (secondary N) is 1. The van der Waals surface area contributed by atoms with Gasteiger partial charge in [-0.25, -0.2) is 0 Å². The van der Waals surface area contributed by atoms with Gasteiger partial charge in [0.25, 0.3) is 5.91 Å². The van der Waals surface area contributed by atoms with Crippen molar-refractivity contribution < 1.29 is 24.2 Å². The van der Waals surface area contributed by atoms with Crippen molar-refractivity contribution in [1.29, 1.82) is 0 Å². The normalized spacial score (nSPS) is 12.2. The molecular formula is C20H24N4O5. The van der Waals surface area contributed by atoms with Crippen LogP contribution in [0.5, 0.6) is 11.5 Å². The molecule has 2 aromatic carbocycles. The molecule has 1 amide bonds. The summed E-state index contributed by atoms with van der Waals surface area (Å²) in [5.41, 5.74) is 13.2. The van der Waals surface area contributed by atoms with Gasteiger partial charge < -0.3 is 31.4 Å². The van der Waals surface area contributed by atoms with Gasteiger partial charge in [-0.15, -0.1) is 0 Å². The highest BCUT2D eigenvalue weighted by atomic mass is 16.5. The summed E-state index contributed by atoms with van der Waals surface area (Å²) in [6, 6.07) is 10.7. The molecule has 29 heavy (non-hydrogen) atoms. The number of carboxylic acid groups (broad SMARTS) is 1. The Labute approximate surface area is 168 Å². The molecule has 2 aromatic rings. The van der Waals surface area contributed by atoms with E-state index in [0.29, 0.717) is 29.2 Å². The van der Waals surface area contributed by atoms with Crippen LogP contribution in [0.15, 0.2) is 47.5 Å². The third-order valence-corrected chi connectivity index (χ3v) is 4.15. The third-order valence-electron chi connectivity index (χ3n) is 4.15. The number of rotatable bonds is 8. The molecule has 0 heterocycles. The highest BCUT2D eigenvalue weighted by Gasteiger charge is 2.13. The number of ether oxygens (including phenoxy) is 2. The predicted molar refractivity (Wildman–Crippen MR) is 108 cm³/mol. The van der Waals surface area contributed by atoms with Crippen LogP contribution in [0.4, 0.5) is 0 Å². The van der Waals surface area contributed by atoms with E-state index < -0.39 is 17.9 Å². The number of carbonyl (C=O) groups excluding carboxylic acids is 1. The van der Waals surface area contributed by atoms with Gasteiger partial charge in [0, 0.05) is 23.7 Å². The lowest BCUT2D eigenvalue weighted by Crippen LogP contribution is -2.32. The Morgan fingerprint density at radius 3 is 2.41 bits per heavy atom. The van der Waals surface area contributed by atoms with Crippen molar-refractivity contribution in [1.82, 2.24) is 5.32 Å². The van der Waals surface area contributed by atoms with Gasteiger partial charge in [0.05, 0.1) is 14.2 Å². The Kier molecular flexibility index (Phi) is 7.55. The van der Waals surface area contributed by atoms with E-state index in [4.69, 9.17) is 26.0 Å². The van der Waals surface area contributed by atoms with Crippen molar-refractivity contribution in [3.63, 3.8) is 0 Å². The highest BCUT2D eigenvalue weighted by Crippen LogP contribution is 2.24. The van der Waals surface area contributed by atoms with Crippen LogP contribution < -0.4 is 26.3 Å². The summed E-state index contributed by atoms with van der Waals surface area (Å²) in [6.07, 6.45) is 0.167. The SMILES string of the molecule is COc1ccc(CNC(N)=NC(=O)c2ccc(CC(N)C(=O)O)cc2)c(OC)c1. The number of aliphatic carboxylic acids is 1. The molecule has 0 radical (unpaired) electrons. The Balaban J connectivity index is 1.99. The van der Waals surface area contributed by atoms with Crippen LogP contribution in [-0.2, 0) is 17.8 Å². The van der Waals surface area contributed by atoms with Crippen molar-refractivity contribution in [2.24, 2.45) is 16.5 Å². The lowest BCUT2D eigenvalue weighted by Gasteiger charge is -2.11. The Morgan fingerprint density at radius 1 is 1.14 bits per heavy atom. The number of carboxylic acids is 1. The molecule has 0 saturated carbocycles. The van der Waals surface area contributed by atoms with E-state index in [-0.39, 0.29) is 12.4 Å². The summed E-state index contributed by atoms with van der Waals surface area (Å²) >= 11 is 0. The second kappa shape index (κ2) is 10.1. The summed E-state index contributed by atoms with van der Waals surface area (Å²) < 4.78 is 10.5. The molecule has 9 heteroatoms. The maximum absolute atomic E-state index is 12.2. The number of guanidine groups is 1. The lowest BCUT2D eigenvalue weighted by atomic mass is 10.0. The minimum atomic E-state index is -1.08. The number of carbonyl (C=O) groups is 2. The van der Waals surface area contributed by atoms with E-state index in [9.17, 15) is 9.59 Å². The molecular weight excluding hydrogens is 376 g/mol. The zero-order chi connectivity index (χ0) is 21.4. The summed E-state index contributed by atoms with van der Waals surface area (Å²) in [7, 11) is 3.11. The maximum Gasteiger partial charge on any atom is 0.320 e. The number of hydrogen-bond donors (Lipinski definition) is 4.